The lowest BCUT2D eigenvalue weighted by molar-refractivity contribution is 0.362. The zero-order valence-electron chi connectivity index (χ0n) is 11.1. The number of benzene rings is 1. The molecule has 9 heteroatoms. The molecule has 0 fully saturated rings. The molecule has 0 radical (unpaired) electrons. The molecule has 0 amide bonds. The summed E-state index contributed by atoms with van der Waals surface area (Å²) in [6, 6.07) is -1.48. The molecule has 2 N–H and O–H groups in total. The number of nitrogens with two attached hydrogens (primary N) is 1. The zero-order valence-corrected chi connectivity index (χ0v) is 11.9. The van der Waals surface area contributed by atoms with Crippen molar-refractivity contribution in [2.45, 2.75) is 25.8 Å². The Kier molecular flexibility index (Phi) is 5.68. The van der Waals surface area contributed by atoms with E-state index in [1.165, 1.54) is 6.92 Å². The fourth-order valence-corrected chi connectivity index (χ4v) is 2.65. The smallest absolute Gasteiger partial charge is 0.200 e. The van der Waals surface area contributed by atoms with Crippen molar-refractivity contribution in [2.75, 3.05) is 11.5 Å². The van der Waals surface area contributed by atoms with Gasteiger partial charge in [-0.3, -0.25) is 0 Å². The van der Waals surface area contributed by atoms with Gasteiger partial charge in [-0.15, -0.1) is 0 Å². The SMILES string of the molecule is CCS(=O)(=O)CCCC(N)c1c(F)c(F)c(F)c(F)c1F. The van der Waals surface area contributed by atoms with Gasteiger partial charge in [-0.25, -0.2) is 30.4 Å². The van der Waals surface area contributed by atoms with Gasteiger partial charge in [0.1, 0.15) is 9.84 Å². The van der Waals surface area contributed by atoms with Gasteiger partial charge < -0.3 is 5.73 Å². The van der Waals surface area contributed by atoms with Crippen LogP contribution in [0.4, 0.5) is 22.0 Å². The molecule has 0 aliphatic carbocycles. The molecule has 1 rings (SSSR count). The fourth-order valence-electron chi connectivity index (χ4n) is 1.76. The maximum absolute atomic E-state index is 13.5. The first-order chi connectivity index (χ1) is 9.62. The number of hydrogen-bond acceptors (Lipinski definition) is 3. The van der Waals surface area contributed by atoms with Crippen LogP contribution in [0, 0.1) is 29.1 Å². The van der Waals surface area contributed by atoms with E-state index in [0.29, 0.717) is 0 Å². The highest BCUT2D eigenvalue weighted by Crippen LogP contribution is 2.28. The highest BCUT2D eigenvalue weighted by molar-refractivity contribution is 7.91. The van der Waals surface area contributed by atoms with E-state index in [9.17, 15) is 30.4 Å². The topological polar surface area (TPSA) is 60.2 Å². The summed E-state index contributed by atoms with van der Waals surface area (Å²) in [5.74, 6) is -10.7. The lowest BCUT2D eigenvalue weighted by Crippen LogP contribution is -2.19. The van der Waals surface area contributed by atoms with Crippen LogP contribution in [0.15, 0.2) is 0 Å². The molecule has 1 atom stereocenters. The van der Waals surface area contributed by atoms with Crippen LogP contribution < -0.4 is 5.73 Å². The van der Waals surface area contributed by atoms with E-state index in [0.717, 1.165) is 0 Å². The maximum Gasteiger partial charge on any atom is 0.200 e. The van der Waals surface area contributed by atoms with E-state index in [1.807, 2.05) is 0 Å². The third-order valence-corrected chi connectivity index (χ3v) is 4.82. The average molecular weight is 331 g/mol. The Bertz CT molecular complexity index is 604. The van der Waals surface area contributed by atoms with Gasteiger partial charge in [-0.1, -0.05) is 6.92 Å². The van der Waals surface area contributed by atoms with Crippen LogP contribution in [0.5, 0.6) is 0 Å². The minimum Gasteiger partial charge on any atom is -0.324 e. The molecular weight excluding hydrogens is 317 g/mol. The van der Waals surface area contributed by atoms with Crippen LogP contribution in [-0.2, 0) is 9.84 Å². The largest absolute Gasteiger partial charge is 0.324 e. The second kappa shape index (κ2) is 6.69. The van der Waals surface area contributed by atoms with Crippen molar-refractivity contribution in [1.29, 1.82) is 0 Å². The van der Waals surface area contributed by atoms with Gasteiger partial charge >= 0.3 is 0 Å². The van der Waals surface area contributed by atoms with Gasteiger partial charge in [-0.2, -0.15) is 0 Å². The molecule has 0 aliphatic rings. The standard InChI is InChI=1S/C12H14F5NO2S/c1-2-21(19,20)5-3-4-6(18)7-8(13)10(15)12(17)11(16)9(7)14/h6H,2-5,18H2,1H3. The minimum absolute atomic E-state index is 0.0448. The van der Waals surface area contributed by atoms with Gasteiger partial charge in [0.2, 0.25) is 5.82 Å². The van der Waals surface area contributed by atoms with E-state index in [4.69, 9.17) is 5.73 Å². The fraction of sp³-hybridized carbons (Fsp3) is 0.500. The van der Waals surface area contributed by atoms with Crippen LogP contribution in [0.2, 0.25) is 0 Å². The van der Waals surface area contributed by atoms with Gasteiger partial charge in [0.05, 0.1) is 5.75 Å². The summed E-state index contributed by atoms with van der Waals surface area (Å²) in [5.41, 5.74) is 4.30. The lowest BCUT2D eigenvalue weighted by Gasteiger charge is -2.15. The molecule has 3 nitrogen and oxygen atoms in total. The number of sulfone groups is 1. The highest BCUT2D eigenvalue weighted by atomic mass is 32.2. The molecule has 0 aromatic heterocycles. The van der Waals surface area contributed by atoms with Crippen LogP contribution in [-0.4, -0.2) is 19.9 Å². The van der Waals surface area contributed by atoms with E-state index in [1.54, 1.807) is 0 Å². The maximum atomic E-state index is 13.5. The average Bonchev–Trinajstić information content (AvgIpc) is 2.43. The quantitative estimate of drug-likeness (QED) is 0.495. The Hall–Kier alpha value is -1.22. The Morgan fingerprint density at radius 2 is 1.38 bits per heavy atom. The predicted molar refractivity (Wildman–Crippen MR) is 66.7 cm³/mol. The lowest BCUT2D eigenvalue weighted by atomic mass is 10.0. The second-order valence-corrected chi connectivity index (χ2v) is 6.94. The summed E-state index contributed by atoms with van der Waals surface area (Å²) in [4.78, 5) is 0. The number of halogens is 5. The van der Waals surface area contributed by atoms with Crippen LogP contribution in [0.3, 0.4) is 0 Å². The summed E-state index contributed by atoms with van der Waals surface area (Å²) in [7, 11) is -3.29. The van der Waals surface area contributed by atoms with Gasteiger partial charge in [0.15, 0.2) is 23.3 Å². The van der Waals surface area contributed by atoms with Gasteiger partial charge in [0.25, 0.3) is 0 Å². The van der Waals surface area contributed by atoms with Gasteiger partial charge in [0, 0.05) is 17.4 Å². The van der Waals surface area contributed by atoms with E-state index >= 15 is 0 Å². The van der Waals surface area contributed by atoms with Crippen LogP contribution in [0.25, 0.3) is 0 Å². The first-order valence-electron chi connectivity index (χ1n) is 6.09. The van der Waals surface area contributed by atoms with Crippen molar-refractivity contribution in [1.82, 2.24) is 0 Å². The molecule has 120 valence electrons. The van der Waals surface area contributed by atoms with Crippen LogP contribution in [0.1, 0.15) is 31.4 Å². The Morgan fingerprint density at radius 3 is 1.81 bits per heavy atom. The second-order valence-electron chi connectivity index (χ2n) is 4.47. The summed E-state index contributed by atoms with van der Waals surface area (Å²) < 4.78 is 88.3. The summed E-state index contributed by atoms with van der Waals surface area (Å²) in [6.45, 7) is 1.43. The summed E-state index contributed by atoms with van der Waals surface area (Å²) in [5, 5.41) is 0. The van der Waals surface area contributed by atoms with Gasteiger partial charge in [-0.05, 0) is 12.8 Å². The molecule has 1 aromatic rings. The Labute approximate surface area is 118 Å². The summed E-state index contributed by atoms with van der Waals surface area (Å²) in [6.07, 6.45) is -0.269. The zero-order chi connectivity index (χ0) is 16.4. The molecule has 1 unspecified atom stereocenters. The Balaban J connectivity index is 2.96. The normalized spacial score (nSPS) is 13.5. The van der Waals surface area contributed by atoms with E-state index in [-0.39, 0.29) is 24.3 Å². The van der Waals surface area contributed by atoms with Crippen molar-refractivity contribution in [3.8, 4) is 0 Å². The molecule has 0 heterocycles. The third-order valence-electron chi connectivity index (χ3n) is 3.02. The molecule has 0 saturated carbocycles. The highest BCUT2D eigenvalue weighted by Gasteiger charge is 2.28. The summed E-state index contributed by atoms with van der Waals surface area (Å²) >= 11 is 0. The van der Waals surface area contributed by atoms with Crippen molar-refractivity contribution in [3.63, 3.8) is 0 Å². The van der Waals surface area contributed by atoms with Crippen molar-refractivity contribution < 1.29 is 30.4 Å². The molecular formula is C12H14F5NO2S. The molecule has 0 aliphatic heterocycles. The van der Waals surface area contributed by atoms with Crippen molar-refractivity contribution in [3.05, 3.63) is 34.6 Å². The Morgan fingerprint density at radius 1 is 0.952 bits per heavy atom. The van der Waals surface area contributed by atoms with Crippen molar-refractivity contribution in [2.24, 2.45) is 5.73 Å². The molecule has 0 spiro atoms. The number of hydrogen-bond donors (Lipinski definition) is 1. The molecule has 0 saturated heterocycles. The first kappa shape index (κ1) is 17.8. The van der Waals surface area contributed by atoms with E-state index in [2.05, 4.69) is 0 Å². The predicted octanol–water partition coefficient (Wildman–Crippen LogP) is 2.60. The van der Waals surface area contributed by atoms with Crippen LogP contribution >= 0.6 is 0 Å². The molecule has 21 heavy (non-hydrogen) atoms. The first-order valence-corrected chi connectivity index (χ1v) is 7.91. The minimum atomic E-state index is -3.29. The monoisotopic (exact) mass is 331 g/mol. The third kappa shape index (κ3) is 3.91. The van der Waals surface area contributed by atoms with Crippen molar-refractivity contribution >= 4 is 9.84 Å². The number of rotatable bonds is 6. The molecule has 1 aromatic carbocycles. The molecule has 0 bridgehead atoms. The van der Waals surface area contributed by atoms with E-state index < -0.39 is 50.5 Å².